The Bertz CT molecular complexity index is 1050. The molecule has 2 N–H and O–H groups in total. The average molecular weight is 418 g/mol. The van der Waals surface area contributed by atoms with Crippen molar-refractivity contribution in [1.82, 2.24) is 15.0 Å². The minimum Gasteiger partial charge on any atom is -0.493 e. The quantitative estimate of drug-likeness (QED) is 0.652. The van der Waals surface area contributed by atoms with E-state index in [0.717, 1.165) is 30.2 Å². The van der Waals surface area contributed by atoms with Crippen LogP contribution in [0.4, 0.5) is 19.0 Å². The zero-order valence-corrected chi connectivity index (χ0v) is 16.1. The normalized spacial score (nSPS) is 22.5. The molecule has 1 saturated heterocycles. The fourth-order valence-corrected chi connectivity index (χ4v) is 4.47. The number of hydrogen-bond donors (Lipinski definition) is 2. The lowest BCUT2D eigenvalue weighted by Gasteiger charge is -2.40. The first-order chi connectivity index (χ1) is 14.5. The van der Waals surface area contributed by atoms with E-state index in [1.807, 2.05) is 24.3 Å². The van der Waals surface area contributed by atoms with Gasteiger partial charge in [-0.05, 0) is 30.9 Å². The van der Waals surface area contributed by atoms with Gasteiger partial charge in [-0.25, -0.2) is 9.97 Å². The summed E-state index contributed by atoms with van der Waals surface area (Å²) in [6, 6.07) is 8.69. The molecule has 0 bridgehead atoms. The van der Waals surface area contributed by atoms with Crippen LogP contribution in [-0.2, 0) is 10.9 Å². The lowest BCUT2D eigenvalue weighted by Crippen LogP contribution is -2.38. The van der Waals surface area contributed by atoms with E-state index < -0.39 is 11.9 Å². The molecule has 0 saturated carbocycles. The fourth-order valence-electron chi connectivity index (χ4n) is 4.47. The molecule has 2 aliphatic heterocycles. The van der Waals surface area contributed by atoms with Crippen LogP contribution in [0.1, 0.15) is 30.1 Å². The van der Waals surface area contributed by atoms with Gasteiger partial charge in [-0.1, -0.05) is 18.2 Å². The number of fused-ring (bicyclic) bond motifs is 2. The predicted octanol–water partition coefficient (Wildman–Crippen LogP) is 4.57. The number of nitrogens with one attached hydrogen (secondary N) is 2. The van der Waals surface area contributed by atoms with E-state index >= 15 is 0 Å². The molecule has 2 aromatic heterocycles. The summed E-state index contributed by atoms with van der Waals surface area (Å²) in [5.74, 6) is 1.70. The van der Waals surface area contributed by atoms with Crippen molar-refractivity contribution in [1.29, 1.82) is 0 Å². The van der Waals surface area contributed by atoms with Gasteiger partial charge in [-0.15, -0.1) is 0 Å². The second-order valence-corrected chi connectivity index (χ2v) is 7.75. The van der Waals surface area contributed by atoms with Gasteiger partial charge in [-0.3, -0.25) is 0 Å². The van der Waals surface area contributed by atoms with Crippen LogP contribution in [0.15, 0.2) is 36.7 Å². The number of aromatic nitrogens is 3. The molecule has 1 aromatic carbocycles. The molecule has 4 heterocycles. The Kier molecular flexibility index (Phi) is 4.77. The molecule has 3 aromatic rings. The Hall–Kier alpha value is -2.81. The number of ether oxygens (including phenoxy) is 2. The molecule has 30 heavy (non-hydrogen) atoms. The number of aromatic amines is 1. The van der Waals surface area contributed by atoms with Crippen LogP contribution in [0.2, 0.25) is 0 Å². The first kappa shape index (κ1) is 19.2. The van der Waals surface area contributed by atoms with Crippen LogP contribution in [0, 0.1) is 11.8 Å². The Balaban J connectivity index is 1.54. The molecule has 0 radical (unpaired) electrons. The van der Waals surface area contributed by atoms with Crippen molar-refractivity contribution in [2.45, 2.75) is 25.1 Å². The zero-order chi connectivity index (χ0) is 20.7. The van der Waals surface area contributed by atoms with Crippen LogP contribution in [0.3, 0.4) is 0 Å². The van der Waals surface area contributed by atoms with Crippen LogP contribution < -0.4 is 10.1 Å². The highest BCUT2D eigenvalue weighted by Gasteiger charge is 2.38. The summed E-state index contributed by atoms with van der Waals surface area (Å²) in [5, 5.41) is 3.75. The molecule has 1 fully saturated rings. The summed E-state index contributed by atoms with van der Waals surface area (Å²) in [6.07, 6.45) is -1.35. The van der Waals surface area contributed by atoms with Crippen molar-refractivity contribution < 1.29 is 22.6 Å². The number of anilines is 1. The molecule has 0 spiro atoms. The summed E-state index contributed by atoms with van der Waals surface area (Å²) in [5.41, 5.74) is 0.302. The van der Waals surface area contributed by atoms with Crippen molar-refractivity contribution in [3.8, 4) is 5.75 Å². The van der Waals surface area contributed by atoms with Crippen molar-refractivity contribution in [3.05, 3.63) is 47.9 Å². The molecule has 5 rings (SSSR count). The number of rotatable bonds is 3. The summed E-state index contributed by atoms with van der Waals surface area (Å²) in [6.45, 7) is 1.95. The highest BCUT2D eigenvalue weighted by Crippen LogP contribution is 2.43. The second kappa shape index (κ2) is 7.46. The van der Waals surface area contributed by atoms with Crippen molar-refractivity contribution >= 4 is 16.9 Å². The molecular formula is C21H21F3N4O2. The maximum absolute atomic E-state index is 13.2. The maximum atomic E-state index is 13.2. The highest BCUT2D eigenvalue weighted by molar-refractivity contribution is 5.88. The van der Waals surface area contributed by atoms with Crippen LogP contribution >= 0.6 is 0 Å². The fraction of sp³-hybridized carbons (Fsp3) is 0.429. The number of alkyl halides is 3. The highest BCUT2D eigenvalue weighted by atomic mass is 19.4. The van der Waals surface area contributed by atoms with E-state index in [-0.39, 0.29) is 17.6 Å². The van der Waals surface area contributed by atoms with Gasteiger partial charge in [0.05, 0.1) is 18.0 Å². The molecule has 9 heteroatoms. The molecule has 0 aliphatic carbocycles. The van der Waals surface area contributed by atoms with Gasteiger partial charge in [0.25, 0.3) is 0 Å². The topological polar surface area (TPSA) is 72.1 Å². The summed E-state index contributed by atoms with van der Waals surface area (Å²) in [4.78, 5) is 10.6. The SMILES string of the molecule is FC(F)(F)c1cc2c(N[C@H]3c4ccccc4OC[C@H]3C3CCOCC3)ncnc2[nH]1. The number of benzene rings is 1. The van der Waals surface area contributed by atoms with E-state index in [1.54, 1.807) is 0 Å². The predicted molar refractivity (Wildman–Crippen MR) is 104 cm³/mol. The molecule has 0 unspecified atom stereocenters. The lowest BCUT2D eigenvalue weighted by molar-refractivity contribution is -0.140. The number of H-pyrrole nitrogens is 1. The molecule has 6 nitrogen and oxygen atoms in total. The van der Waals surface area contributed by atoms with E-state index in [0.29, 0.717) is 36.9 Å². The summed E-state index contributed by atoms with van der Waals surface area (Å²) >= 11 is 0. The minimum atomic E-state index is -4.48. The molecule has 2 aliphatic rings. The lowest BCUT2D eigenvalue weighted by atomic mass is 9.77. The van der Waals surface area contributed by atoms with E-state index in [9.17, 15) is 13.2 Å². The smallest absolute Gasteiger partial charge is 0.431 e. The van der Waals surface area contributed by atoms with E-state index in [2.05, 4.69) is 20.3 Å². The largest absolute Gasteiger partial charge is 0.493 e. The molecule has 2 atom stereocenters. The monoisotopic (exact) mass is 418 g/mol. The third-order valence-corrected chi connectivity index (χ3v) is 6.01. The average Bonchev–Trinajstić information content (AvgIpc) is 3.21. The number of hydrogen-bond acceptors (Lipinski definition) is 5. The Labute approximate surface area is 170 Å². The standard InChI is InChI=1S/C21H21F3N4O2/c22-21(23,24)17-9-14-19(27-17)25-11-26-20(14)28-18-13-3-1-2-4-16(13)30-10-15(18)12-5-7-29-8-6-12/h1-4,9,11-12,15,18H,5-8,10H2,(H2,25,26,27,28)/t15-,18-/m0/s1. The molecule has 158 valence electrons. The third kappa shape index (κ3) is 3.47. The van der Waals surface area contributed by atoms with Crippen LogP contribution in [0.5, 0.6) is 5.75 Å². The first-order valence-corrected chi connectivity index (χ1v) is 9.97. The van der Waals surface area contributed by atoms with Gasteiger partial charge >= 0.3 is 6.18 Å². The number of nitrogens with zero attached hydrogens (tertiary/aromatic N) is 2. The van der Waals surface area contributed by atoms with Gasteiger partial charge in [0.1, 0.15) is 29.2 Å². The zero-order valence-electron chi connectivity index (χ0n) is 16.1. The van der Waals surface area contributed by atoms with Gasteiger partial charge in [0, 0.05) is 24.7 Å². The van der Waals surface area contributed by atoms with E-state index in [4.69, 9.17) is 9.47 Å². The molecule has 0 amide bonds. The summed E-state index contributed by atoms with van der Waals surface area (Å²) in [7, 11) is 0. The number of halogens is 3. The first-order valence-electron chi connectivity index (χ1n) is 9.97. The van der Waals surface area contributed by atoms with Crippen molar-refractivity contribution in [2.75, 3.05) is 25.1 Å². The minimum absolute atomic E-state index is 0.139. The Morgan fingerprint density at radius 1 is 1.10 bits per heavy atom. The van der Waals surface area contributed by atoms with E-state index in [1.165, 1.54) is 6.33 Å². The maximum Gasteiger partial charge on any atom is 0.431 e. The second-order valence-electron chi connectivity index (χ2n) is 7.75. The van der Waals surface area contributed by atoms with Gasteiger partial charge in [0.2, 0.25) is 0 Å². The van der Waals surface area contributed by atoms with Crippen LogP contribution in [-0.4, -0.2) is 34.8 Å². The Morgan fingerprint density at radius 2 is 1.90 bits per heavy atom. The Morgan fingerprint density at radius 3 is 2.70 bits per heavy atom. The van der Waals surface area contributed by atoms with Gasteiger partial charge in [0.15, 0.2) is 0 Å². The van der Waals surface area contributed by atoms with Crippen molar-refractivity contribution in [3.63, 3.8) is 0 Å². The van der Waals surface area contributed by atoms with Crippen LogP contribution in [0.25, 0.3) is 11.0 Å². The number of para-hydroxylation sites is 1. The van der Waals surface area contributed by atoms with Crippen molar-refractivity contribution in [2.24, 2.45) is 11.8 Å². The summed E-state index contributed by atoms with van der Waals surface area (Å²) < 4.78 is 51.1. The molecular weight excluding hydrogens is 397 g/mol. The van der Waals surface area contributed by atoms with Gasteiger partial charge in [-0.2, -0.15) is 13.2 Å². The third-order valence-electron chi connectivity index (χ3n) is 6.01. The van der Waals surface area contributed by atoms with Gasteiger partial charge < -0.3 is 19.8 Å².